The second kappa shape index (κ2) is 5.05. The van der Waals surface area contributed by atoms with Crippen LogP contribution >= 0.6 is 0 Å². The van der Waals surface area contributed by atoms with Gasteiger partial charge in [0.15, 0.2) is 0 Å². The molecule has 1 aliphatic carbocycles. The van der Waals surface area contributed by atoms with E-state index < -0.39 is 0 Å². The lowest BCUT2D eigenvalue weighted by molar-refractivity contribution is 0.0422. The third-order valence-corrected chi connectivity index (χ3v) is 4.91. The second-order valence-corrected chi connectivity index (χ2v) is 6.10. The summed E-state index contributed by atoms with van der Waals surface area (Å²) in [6.45, 7) is 6.84. The Morgan fingerprint density at radius 2 is 1.62 bits per heavy atom. The van der Waals surface area contributed by atoms with Gasteiger partial charge in [-0.3, -0.25) is 4.90 Å². The van der Waals surface area contributed by atoms with Crippen LogP contribution in [0.15, 0.2) is 0 Å². The maximum Gasteiger partial charge on any atom is 0.0223 e. The molecule has 2 aliphatic heterocycles. The molecule has 2 nitrogen and oxygen atoms in total. The van der Waals surface area contributed by atoms with E-state index in [1.54, 1.807) is 0 Å². The Morgan fingerprint density at radius 3 is 2.50 bits per heavy atom. The number of fused-ring (bicyclic) bond motifs is 1. The average molecular weight is 222 g/mol. The van der Waals surface area contributed by atoms with Crippen LogP contribution in [0.1, 0.15) is 44.9 Å². The molecule has 3 fully saturated rings. The van der Waals surface area contributed by atoms with Crippen molar-refractivity contribution in [3.05, 3.63) is 0 Å². The summed E-state index contributed by atoms with van der Waals surface area (Å²) in [4.78, 5) is 5.51. The summed E-state index contributed by atoms with van der Waals surface area (Å²) in [5.74, 6) is 1.04. The monoisotopic (exact) mass is 222 g/mol. The first-order valence-electron chi connectivity index (χ1n) is 7.38. The van der Waals surface area contributed by atoms with Crippen molar-refractivity contribution in [3.8, 4) is 0 Å². The standard InChI is InChI=1S/C14H26N2/c1-2-6-13(5-1)11-15-9-10-16-8-4-3-7-14(16)12-15/h13-14H,1-12H2. The van der Waals surface area contributed by atoms with Crippen molar-refractivity contribution in [1.82, 2.24) is 9.80 Å². The van der Waals surface area contributed by atoms with Gasteiger partial charge in [0.25, 0.3) is 0 Å². The highest BCUT2D eigenvalue weighted by molar-refractivity contribution is 4.86. The smallest absolute Gasteiger partial charge is 0.0223 e. The number of piperidine rings is 1. The molecule has 0 aromatic rings. The molecular weight excluding hydrogens is 196 g/mol. The first-order valence-corrected chi connectivity index (χ1v) is 7.38. The molecule has 0 aromatic heterocycles. The van der Waals surface area contributed by atoms with E-state index in [1.165, 1.54) is 77.7 Å². The summed E-state index contributed by atoms with van der Waals surface area (Å²) in [6.07, 6.45) is 10.4. The Labute approximate surface area is 100.0 Å². The molecule has 2 heteroatoms. The van der Waals surface area contributed by atoms with Crippen LogP contribution in [0.5, 0.6) is 0 Å². The highest BCUT2D eigenvalue weighted by Crippen LogP contribution is 2.27. The van der Waals surface area contributed by atoms with Gasteiger partial charge in [0.2, 0.25) is 0 Å². The van der Waals surface area contributed by atoms with Gasteiger partial charge in [-0.25, -0.2) is 0 Å². The van der Waals surface area contributed by atoms with Crippen LogP contribution in [0.2, 0.25) is 0 Å². The van der Waals surface area contributed by atoms with Gasteiger partial charge >= 0.3 is 0 Å². The van der Waals surface area contributed by atoms with Crippen LogP contribution in [0.25, 0.3) is 0 Å². The predicted molar refractivity (Wildman–Crippen MR) is 67.6 cm³/mol. The van der Waals surface area contributed by atoms with Crippen molar-refractivity contribution in [2.24, 2.45) is 5.92 Å². The molecule has 0 amide bonds. The zero-order valence-electron chi connectivity index (χ0n) is 10.5. The van der Waals surface area contributed by atoms with Gasteiger partial charge < -0.3 is 4.90 Å². The van der Waals surface area contributed by atoms with Crippen molar-refractivity contribution in [2.75, 3.05) is 32.7 Å². The number of hydrogen-bond donors (Lipinski definition) is 0. The van der Waals surface area contributed by atoms with E-state index in [2.05, 4.69) is 9.80 Å². The molecule has 1 saturated carbocycles. The van der Waals surface area contributed by atoms with Crippen molar-refractivity contribution in [2.45, 2.75) is 51.0 Å². The molecule has 1 unspecified atom stereocenters. The SMILES string of the molecule is C1CCC(CN2CCN3CCCCC3C2)C1. The molecule has 0 aromatic carbocycles. The van der Waals surface area contributed by atoms with Gasteiger partial charge in [0.05, 0.1) is 0 Å². The third-order valence-electron chi connectivity index (χ3n) is 4.91. The Balaban J connectivity index is 1.50. The van der Waals surface area contributed by atoms with E-state index in [4.69, 9.17) is 0 Å². The fourth-order valence-corrected chi connectivity index (χ4v) is 3.94. The summed E-state index contributed by atoms with van der Waals surface area (Å²) in [5.41, 5.74) is 0. The maximum atomic E-state index is 2.77. The average Bonchev–Trinajstić information content (AvgIpc) is 2.82. The lowest BCUT2D eigenvalue weighted by Crippen LogP contribution is -2.55. The van der Waals surface area contributed by atoms with E-state index in [0.717, 1.165) is 12.0 Å². The van der Waals surface area contributed by atoms with E-state index in [0.29, 0.717) is 0 Å². The molecule has 2 saturated heterocycles. The number of hydrogen-bond acceptors (Lipinski definition) is 2. The van der Waals surface area contributed by atoms with Crippen LogP contribution < -0.4 is 0 Å². The zero-order valence-corrected chi connectivity index (χ0v) is 10.5. The third kappa shape index (κ3) is 2.43. The van der Waals surface area contributed by atoms with Crippen molar-refractivity contribution in [3.63, 3.8) is 0 Å². The Kier molecular flexibility index (Phi) is 3.49. The van der Waals surface area contributed by atoms with Crippen LogP contribution in [0, 0.1) is 5.92 Å². The van der Waals surface area contributed by atoms with Gasteiger partial charge in [-0.15, -0.1) is 0 Å². The number of rotatable bonds is 2. The maximum absolute atomic E-state index is 2.77. The van der Waals surface area contributed by atoms with Crippen molar-refractivity contribution >= 4 is 0 Å². The molecule has 0 spiro atoms. The van der Waals surface area contributed by atoms with Crippen molar-refractivity contribution < 1.29 is 0 Å². The molecule has 0 N–H and O–H groups in total. The van der Waals surface area contributed by atoms with Gasteiger partial charge in [-0.2, -0.15) is 0 Å². The van der Waals surface area contributed by atoms with Crippen LogP contribution in [0.3, 0.4) is 0 Å². The topological polar surface area (TPSA) is 6.48 Å². The summed E-state index contributed by atoms with van der Waals surface area (Å²) < 4.78 is 0. The number of piperazine rings is 1. The molecule has 92 valence electrons. The van der Waals surface area contributed by atoms with Crippen LogP contribution in [-0.2, 0) is 0 Å². The zero-order chi connectivity index (χ0) is 10.8. The van der Waals surface area contributed by atoms with E-state index in [9.17, 15) is 0 Å². The molecule has 3 rings (SSSR count). The second-order valence-electron chi connectivity index (χ2n) is 6.10. The minimum Gasteiger partial charge on any atom is -0.300 e. The molecule has 2 heterocycles. The summed E-state index contributed by atoms with van der Waals surface area (Å²) in [7, 11) is 0. The lowest BCUT2D eigenvalue weighted by Gasteiger charge is -2.44. The predicted octanol–water partition coefficient (Wildman–Crippen LogP) is 2.35. The Morgan fingerprint density at radius 1 is 0.812 bits per heavy atom. The molecule has 3 aliphatic rings. The molecule has 1 atom stereocenters. The van der Waals surface area contributed by atoms with E-state index in [-0.39, 0.29) is 0 Å². The van der Waals surface area contributed by atoms with Gasteiger partial charge in [-0.1, -0.05) is 19.3 Å². The van der Waals surface area contributed by atoms with Crippen LogP contribution in [-0.4, -0.2) is 48.6 Å². The Hall–Kier alpha value is -0.0800. The first-order chi connectivity index (χ1) is 7.92. The van der Waals surface area contributed by atoms with E-state index in [1.807, 2.05) is 0 Å². The molecular formula is C14H26N2. The summed E-state index contributed by atoms with van der Waals surface area (Å²) in [5, 5.41) is 0. The summed E-state index contributed by atoms with van der Waals surface area (Å²) >= 11 is 0. The van der Waals surface area contributed by atoms with Crippen molar-refractivity contribution in [1.29, 1.82) is 0 Å². The Bertz CT molecular complexity index is 223. The highest BCUT2D eigenvalue weighted by Gasteiger charge is 2.30. The normalized spacial score (nSPS) is 34.1. The van der Waals surface area contributed by atoms with Gasteiger partial charge in [-0.05, 0) is 38.1 Å². The largest absolute Gasteiger partial charge is 0.300 e. The van der Waals surface area contributed by atoms with E-state index >= 15 is 0 Å². The minimum atomic E-state index is 0.906. The first kappa shape index (κ1) is 11.0. The van der Waals surface area contributed by atoms with Gasteiger partial charge in [0, 0.05) is 32.2 Å². The van der Waals surface area contributed by atoms with Crippen LogP contribution in [0.4, 0.5) is 0 Å². The molecule has 0 bridgehead atoms. The summed E-state index contributed by atoms with van der Waals surface area (Å²) in [6, 6.07) is 0.906. The quantitative estimate of drug-likeness (QED) is 0.707. The number of nitrogens with zero attached hydrogens (tertiary/aromatic N) is 2. The fourth-order valence-electron chi connectivity index (χ4n) is 3.94. The fraction of sp³-hybridized carbons (Fsp3) is 1.00. The minimum absolute atomic E-state index is 0.906. The lowest BCUT2D eigenvalue weighted by atomic mass is 9.98. The van der Waals surface area contributed by atoms with Gasteiger partial charge in [0.1, 0.15) is 0 Å². The highest BCUT2D eigenvalue weighted by atomic mass is 15.3. The molecule has 0 radical (unpaired) electrons. The molecule has 16 heavy (non-hydrogen) atoms.